The summed E-state index contributed by atoms with van der Waals surface area (Å²) in [5.74, 6) is -3.14. The molecule has 0 heterocycles. The number of hydrogen-bond donors (Lipinski definition) is 3. The van der Waals surface area contributed by atoms with Crippen LogP contribution in [0.4, 0.5) is 0 Å². The Morgan fingerprint density at radius 1 is 1.07 bits per heavy atom. The van der Waals surface area contributed by atoms with Crippen LogP contribution in [0.15, 0.2) is 30.3 Å². The van der Waals surface area contributed by atoms with Gasteiger partial charge in [-0.1, -0.05) is 30.3 Å². The summed E-state index contributed by atoms with van der Waals surface area (Å²) in [5.41, 5.74) is 0.179. The van der Waals surface area contributed by atoms with E-state index in [-0.39, 0.29) is 31.6 Å². The lowest BCUT2D eigenvalue weighted by Crippen LogP contribution is -2.49. The third-order valence-corrected chi connectivity index (χ3v) is 4.31. The summed E-state index contributed by atoms with van der Waals surface area (Å²) in [6, 6.07) is 8.44. The van der Waals surface area contributed by atoms with Gasteiger partial charge in [-0.25, -0.2) is 0 Å². The van der Waals surface area contributed by atoms with Gasteiger partial charge in [0.1, 0.15) is 11.6 Å². The first-order valence-electron chi connectivity index (χ1n) is 10.0. The molecule has 0 aliphatic heterocycles. The van der Waals surface area contributed by atoms with Gasteiger partial charge in [-0.05, 0) is 39.2 Å². The molecule has 0 bridgehead atoms. The Morgan fingerprint density at radius 3 is 2.23 bits per heavy atom. The Kier molecular flexibility index (Phi) is 10.0. The summed E-state index contributed by atoms with van der Waals surface area (Å²) >= 11 is 0. The maximum absolute atomic E-state index is 12.9. The number of carbonyl (C=O) groups excluding carboxylic acids is 3. The number of ether oxygens (including phenoxy) is 1. The fourth-order valence-corrected chi connectivity index (χ4v) is 2.93. The minimum atomic E-state index is -0.973. The zero-order valence-electron chi connectivity index (χ0n) is 18.1. The third kappa shape index (κ3) is 10.0. The van der Waals surface area contributed by atoms with Crippen molar-refractivity contribution < 1.29 is 29.0 Å². The molecule has 0 aliphatic carbocycles. The van der Waals surface area contributed by atoms with Crippen molar-refractivity contribution in [3.05, 3.63) is 35.9 Å². The number of nitrogens with one attached hydrogen (secondary N) is 2. The van der Waals surface area contributed by atoms with E-state index in [2.05, 4.69) is 10.6 Å². The smallest absolute Gasteiger partial charge is 0.307 e. The standard InChI is InChI=1S/C22H32N2O6/c1-22(2,3)30-19(27)14-16(11-8-12-18(25)26)20(28)24-17(21(29)23-4)13-15-9-6-5-7-10-15/h5-7,9-10,16-17H,8,11-14H2,1-4H3,(H,23,29)(H,24,28)(H,25,26)/t16-,17+/m1/s1. The molecule has 8 heteroatoms. The Bertz CT molecular complexity index is 727. The lowest BCUT2D eigenvalue weighted by Gasteiger charge is -2.24. The van der Waals surface area contributed by atoms with Gasteiger partial charge in [0.15, 0.2) is 0 Å². The van der Waals surface area contributed by atoms with Crippen LogP contribution in [0.5, 0.6) is 0 Å². The molecule has 0 spiro atoms. The van der Waals surface area contributed by atoms with Crippen LogP contribution in [0.3, 0.4) is 0 Å². The number of likely N-dealkylation sites (N-methyl/N-ethyl adjacent to an activating group) is 1. The number of rotatable bonds is 11. The molecule has 0 radical (unpaired) electrons. The molecular formula is C22H32N2O6. The zero-order chi connectivity index (χ0) is 22.7. The number of benzene rings is 1. The minimum Gasteiger partial charge on any atom is -0.481 e. The number of hydrogen-bond acceptors (Lipinski definition) is 5. The summed E-state index contributed by atoms with van der Waals surface area (Å²) < 4.78 is 5.30. The summed E-state index contributed by atoms with van der Waals surface area (Å²) in [7, 11) is 1.48. The first-order valence-corrected chi connectivity index (χ1v) is 10.0. The molecule has 0 fully saturated rings. The van der Waals surface area contributed by atoms with Gasteiger partial charge < -0.3 is 20.5 Å². The molecule has 0 aliphatic rings. The van der Waals surface area contributed by atoms with Crippen molar-refractivity contribution in [2.75, 3.05) is 7.05 Å². The number of aliphatic carboxylic acids is 1. The molecule has 0 saturated carbocycles. The first-order chi connectivity index (χ1) is 14.0. The van der Waals surface area contributed by atoms with Gasteiger partial charge in [-0.15, -0.1) is 0 Å². The van der Waals surface area contributed by atoms with Crippen LogP contribution in [-0.4, -0.2) is 47.6 Å². The predicted octanol–water partition coefficient (Wildman–Crippen LogP) is 2.06. The van der Waals surface area contributed by atoms with E-state index in [4.69, 9.17) is 9.84 Å². The van der Waals surface area contributed by atoms with Gasteiger partial charge >= 0.3 is 11.9 Å². The monoisotopic (exact) mass is 420 g/mol. The van der Waals surface area contributed by atoms with E-state index in [1.165, 1.54) is 7.05 Å². The molecule has 0 unspecified atom stereocenters. The number of carbonyl (C=O) groups is 4. The van der Waals surface area contributed by atoms with Gasteiger partial charge in [0.25, 0.3) is 0 Å². The fourth-order valence-electron chi connectivity index (χ4n) is 2.93. The maximum Gasteiger partial charge on any atom is 0.307 e. The molecule has 1 aromatic rings. The van der Waals surface area contributed by atoms with Gasteiger partial charge in [-0.2, -0.15) is 0 Å². The van der Waals surface area contributed by atoms with Crippen LogP contribution in [0, 0.1) is 5.92 Å². The van der Waals surface area contributed by atoms with E-state index in [0.717, 1.165) is 5.56 Å². The van der Waals surface area contributed by atoms with Crippen LogP contribution in [-0.2, 0) is 30.3 Å². The Hall–Kier alpha value is -2.90. The zero-order valence-corrected chi connectivity index (χ0v) is 18.1. The van der Waals surface area contributed by atoms with Crippen LogP contribution >= 0.6 is 0 Å². The molecule has 2 amide bonds. The third-order valence-electron chi connectivity index (χ3n) is 4.31. The molecule has 8 nitrogen and oxygen atoms in total. The minimum absolute atomic E-state index is 0.110. The van der Waals surface area contributed by atoms with Gasteiger partial charge in [0.05, 0.1) is 6.42 Å². The Labute approximate surface area is 177 Å². The Balaban J connectivity index is 2.90. The lowest BCUT2D eigenvalue weighted by atomic mass is 9.96. The highest BCUT2D eigenvalue weighted by atomic mass is 16.6. The van der Waals surface area contributed by atoms with E-state index in [1.54, 1.807) is 20.8 Å². The lowest BCUT2D eigenvalue weighted by molar-refractivity contribution is -0.157. The van der Waals surface area contributed by atoms with Crippen LogP contribution < -0.4 is 10.6 Å². The van der Waals surface area contributed by atoms with Crippen molar-refractivity contribution in [2.45, 2.75) is 64.5 Å². The van der Waals surface area contributed by atoms with Gasteiger partial charge in [0, 0.05) is 25.8 Å². The highest BCUT2D eigenvalue weighted by molar-refractivity contribution is 5.90. The van der Waals surface area contributed by atoms with Crippen LogP contribution in [0.2, 0.25) is 0 Å². The average Bonchev–Trinajstić information content (AvgIpc) is 2.65. The van der Waals surface area contributed by atoms with Crippen molar-refractivity contribution in [1.29, 1.82) is 0 Å². The second kappa shape index (κ2) is 11.9. The van der Waals surface area contributed by atoms with E-state index in [1.807, 2.05) is 30.3 Å². The van der Waals surface area contributed by atoms with Crippen LogP contribution in [0.1, 0.15) is 52.0 Å². The second-order valence-electron chi connectivity index (χ2n) is 8.14. The van der Waals surface area contributed by atoms with Crippen molar-refractivity contribution in [2.24, 2.45) is 5.92 Å². The quantitative estimate of drug-likeness (QED) is 0.471. The van der Waals surface area contributed by atoms with E-state index in [0.29, 0.717) is 6.42 Å². The number of carboxylic acids is 1. The normalized spacial score (nSPS) is 13.1. The Morgan fingerprint density at radius 2 is 1.70 bits per heavy atom. The number of amides is 2. The fraction of sp³-hybridized carbons (Fsp3) is 0.545. The van der Waals surface area contributed by atoms with E-state index < -0.39 is 35.4 Å². The average molecular weight is 421 g/mol. The molecule has 0 saturated heterocycles. The van der Waals surface area contributed by atoms with E-state index >= 15 is 0 Å². The predicted molar refractivity (Wildman–Crippen MR) is 112 cm³/mol. The first kappa shape index (κ1) is 25.1. The summed E-state index contributed by atoms with van der Waals surface area (Å²) in [4.78, 5) is 48.3. The van der Waals surface area contributed by atoms with Crippen molar-refractivity contribution in [1.82, 2.24) is 10.6 Å². The SMILES string of the molecule is CNC(=O)[C@H](Cc1ccccc1)NC(=O)[C@H](CCCC(=O)O)CC(=O)OC(C)(C)C. The van der Waals surface area contributed by atoms with Crippen molar-refractivity contribution in [3.63, 3.8) is 0 Å². The summed E-state index contributed by atoms with van der Waals surface area (Å²) in [6.45, 7) is 5.18. The molecule has 30 heavy (non-hydrogen) atoms. The maximum atomic E-state index is 12.9. The summed E-state index contributed by atoms with van der Waals surface area (Å²) in [6.07, 6.45) is 0.429. The van der Waals surface area contributed by atoms with Crippen LogP contribution in [0.25, 0.3) is 0 Å². The molecule has 166 valence electrons. The molecule has 1 rings (SSSR count). The van der Waals surface area contributed by atoms with Crippen molar-refractivity contribution in [3.8, 4) is 0 Å². The molecule has 3 N–H and O–H groups in total. The topological polar surface area (TPSA) is 122 Å². The highest BCUT2D eigenvalue weighted by Crippen LogP contribution is 2.18. The largest absolute Gasteiger partial charge is 0.481 e. The molecular weight excluding hydrogens is 388 g/mol. The summed E-state index contributed by atoms with van der Waals surface area (Å²) in [5, 5.41) is 14.1. The molecule has 1 aromatic carbocycles. The molecule has 2 atom stereocenters. The number of esters is 1. The van der Waals surface area contributed by atoms with Gasteiger partial charge in [0.2, 0.25) is 11.8 Å². The number of carboxylic acid groups (broad SMARTS) is 1. The van der Waals surface area contributed by atoms with Gasteiger partial charge in [-0.3, -0.25) is 19.2 Å². The second-order valence-corrected chi connectivity index (χ2v) is 8.14. The molecule has 0 aromatic heterocycles. The highest BCUT2D eigenvalue weighted by Gasteiger charge is 2.29. The van der Waals surface area contributed by atoms with E-state index in [9.17, 15) is 19.2 Å². The van der Waals surface area contributed by atoms with Crippen molar-refractivity contribution >= 4 is 23.8 Å².